The highest BCUT2D eigenvalue weighted by atomic mass is 79.9. The van der Waals surface area contributed by atoms with Gasteiger partial charge in [-0.3, -0.25) is 4.98 Å². The van der Waals surface area contributed by atoms with Crippen LogP contribution in [0.25, 0.3) is 0 Å². The molecule has 0 aromatic carbocycles. The second kappa shape index (κ2) is 5.28. The molecular formula is C11H11BrN2S. The van der Waals surface area contributed by atoms with Crippen LogP contribution in [0, 0.1) is 0 Å². The maximum absolute atomic E-state index is 4.09. The fourth-order valence-electron chi connectivity index (χ4n) is 1.29. The molecule has 0 unspecified atom stereocenters. The van der Waals surface area contributed by atoms with Gasteiger partial charge in [0.05, 0.1) is 11.9 Å². The van der Waals surface area contributed by atoms with Crippen molar-refractivity contribution in [2.75, 3.05) is 11.9 Å². The number of pyridine rings is 1. The minimum atomic E-state index is 0.943. The van der Waals surface area contributed by atoms with Gasteiger partial charge in [0.2, 0.25) is 0 Å². The number of anilines is 1. The smallest absolute Gasteiger partial charge is 0.0538 e. The van der Waals surface area contributed by atoms with Gasteiger partial charge >= 0.3 is 0 Å². The summed E-state index contributed by atoms with van der Waals surface area (Å²) >= 11 is 5.19. The van der Waals surface area contributed by atoms with E-state index in [9.17, 15) is 0 Å². The lowest BCUT2D eigenvalue weighted by Crippen LogP contribution is -2.03. The van der Waals surface area contributed by atoms with E-state index in [-0.39, 0.29) is 0 Å². The summed E-state index contributed by atoms with van der Waals surface area (Å²) in [6.07, 6.45) is 4.67. The summed E-state index contributed by atoms with van der Waals surface area (Å²) in [5, 5.41) is 5.45. The third-order valence-corrected chi connectivity index (χ3v) is 3.36. The topological polar surface area (TPSA) is 24.9 Å². The summed E-state index contributed by atoms with van der Waals surface area (Å²) < 4.78 is 1.00. The number of rotatable bonds is 4. The largest absolute Gasteiger partial charge is 0.383 e. The lowest BCUT2D eigenvalue weighted by Gasteiger charge is -2.04. The third-order valence-electron chi connectivity index (χ3n) is 1.99. The standard InChI is InChI=1S/C11H11BrN2S/c12-9-6-10(8-13-7-9)14-4-3-11-2-1-5-15-11/h1-2,5-8,14H,3-4H2. The molecule has 2 heterocycles. The van der Waals surface area contributed by atoms with Crippen molar-refractivity contribution in [2.45, 2.75) is 6.42 Å². The van der Waals surface area contributed by atoms with Crippen LogP contribution >= 0.6 is 27.3 Å². The molecule has 0 saturated carbocycles. The highest BCUT2D eigenvalue weighted by Crippen LogP contribution is 2.14. The molecule has 0 bridgehead atoms. The van der Waals surface area contributed by atoms with E-state index in [1.807, 2.05) is 12.3 Å². The van der Waals surface area contributed by atoms with E-state index in [4.69, 9.17) is 0 Å². The summed E-state index contributed by atoms with van der Waals surface area (Å²) in [6.45, 7) is 0.943. The lowest BCUT2D eigenvalue weighted by atomic mass is 10.3. The first kappa shape index (κ1) is 10.6. The Morgan fingerprint density at radius 3 is 3.07 bits per heavy atom. The van der Waals surface area contributed by atoms with Gasteiger partial charge in [-0.15, -0.1) is 11.3 Å². The molecule has 0 amide bonds. The zero-order chi connectivity index (χ0) is 10.5. The van der Waals surface area contributed by atoms with Crippen molar-refractivity contribution in [1.29, 1.82) is 0 Å². The predicted octanol–water partition coefficient (Wildman–Crippen LogP) is 3.56. The van der Waals surface area contributed by atoms with Gasteiger partial charge in [0.15, 0.2) is 0 Å². The van der Waals surface area contributed by atoms with E-state index in [0.29, 0.717) is 0 Å². The van der Waals surface area contributed by atoms with Crippen molar-refractivity contribution >= 4 is 33.0 Å². The van der Waals surface area contributed by atoms with E-state index in [0.717, 1.165) is 23.1 Å². The van der Waals surface area contributed by atoms with E-state index in [1.54, 1.807) is 17.5 Å². The molecule has 0 aliphatic carbocycles. The van der Waals surface area contributed by atoms with Crippen LogP contribution in [-0.4, -0.2) is 11.5 Å². The summed E-state index contributed by atoms with van der Waals surface area (Å²) in [7, 11) is 0. The summed E-state index contributed by atoms with van der Waals surface area (Å²) in [6, 6.07) is 6.27. The van der Waals surface area contributed by atoms with Crippen molar-refractivity contribution in [3.05, 3.63) is 45.3 Å². The van der Waals surface area contributed by atoms with E-state index >= 15 is 0 Å². The number of nitrogens with one attached hydrogen (secondary N) is 1. The Morgan fingerprint density at radius 1 is 1.40 bits per heavy atom. The van der Waals surface area contributed by atoms with Crippen LogP contribution in [0.5, 0.6) is 0 Å². The molecule has 0 spiro atoms. The molecule has 2 rings (SSSR count). The predicted molar refractivity (Wildman–Crippen MR) is 68.4 cm³/mol. The molecular weight excluding hydrogens is 272 g/mol. The Bertz CT molecular complexity index is 414. The van der Waals surface area contributed by atoms with Crippen LogP contribution in [0.1, 0.15) is 4.88 Å². The normalized spacial score (nSPS) is 10.2. The SMILES string of the molecule is Brc1cncc(NCCc2cccs2)c1. The average Bonchev–Trinajstić information content (AvgIpc) is 2.71. The van der Waals surface area contributed by atoms with Crippen LogP contribution in [0.3, 0.4) is 0 Å². The van der Waals surface area contributed by atoms with Crippen LogP contribution < -0.4 is 5.32 Å². The van der Waals surface area contributed by atoms with Gasteiger partial charge in [-0.25, -0.2) is 0 Å². The molecule has 4 heteroatoms. The number of aromatic nitrogens is 1. The first-order chi connectivity index (χ1) is 7.34. The Balaban J connectivity index is 1.83. The highest BCUT2D eigenvalue weighted by molar-refractivity contribution is 9.10. The second-order valence-electron chi connectivity index (χ2n) is 3.15. The number of hydrogen-bond acceptors (Lipinski definition) is 3. The number of nitrogens with zero attached hydrogens (tertiary/aromatic N) is 1. The van der Waals surface area contributed by atoms with Crippen LogP contribution in [0.2, 0.25) is 0 Å². The highest BCUT2D eigenvalue weighted by Gasteiger charge is 1.95. The molecule has 0 saturated heterocycles. The van der Waals surface area contributed by atoms with Gasteiger partial charge in [0.25, 0.3) is 0 Å². The molecule has 0 aliphatic heterocycles. The van der Waals surface area contributed by atoms with E-state index in [2.05, 4.69) is 43.7 Å². The van der Waals surface area contributed by atoms with Crippen molar-refractivity contribution < 1.29 is 0 Å². The van der Waals surface area contributed by atoms with Gasteiger partial charge < -0.3 is 5.32 Å². The number of hydrogen-bond donors (Lipinski definition) is 1. The van der Waals surface area contributed by atoms with Crippen LogP contribution in [-0.2, 0) is 6.42 Å². The Hall–Kier alpha value is -0.870. The molecule has 2 nitrogen and oxygen atoms in total. The second-order valence-corrected chi connectivity index (χ2v) is 5.10. The maximum atomic E-state index is 4.09. The minimum absolute atomic E-state index is 0.943. The van der Waals surface area contributed by atoms with Crippen molar-refractivity contribution in [1.82, 2.24) is 4.98 Å². The van der Waals surface area contributed by atoms with Gasteiger partial charge in [-0.1, -0.05) is 6.07 Å². The molecule has 0 atom stereocenters. The van der Waals surface area contributed by atoms with Crippen molar-refractivity contribution in [2.24, 2.45) is 0 Å². The molecule has 2 aromatic heterocycles. The van der Waals surface area contributed by atoms with Crippen molar-refractivity contribution in [3.8, 4) is 0 Å². The fraction of sp³-hybridized carbons (Fsp3) is 0.182. The first-order valence-electron chi connectivity index (χ1n) is 4.71. The average molecular weight is 283 g/mol. The molecule has 1 N–H and O–H groups in total. The van der Waals surface area contributed by atoms with Crippen LogP contribution in [0.15, 0.2) is 40.4 Å². The number of thiophene rings is 1. The molecule has 0 radical (unpaired) electrons. The Labute approximate surface area is 101 Å². The zero-order valence-corrected chi connectivity index (χ0v) is 10.5. The van der Waals surface area contributed by atoms with E-state index < -0.39 is 0 Å². The first-order valence-corrected chi connectivity index (χ1v) is 6.39. The Kier molecular flexibility index (Phi) is 3.75. The van der Waals surface area contributed by atoms with Gasteiger partial charge in [-0.05, 0) is 39.9 Å². The van der Waals surface area contributed by atoms with E-state index in [1.165, 1.54) is 4.88 Å². The summed E-state index contributed by atoms with van der Waals surface area (Å²) in [5.74, 6) is 0. The molecule has 78 valence electrons. The molecule has 15 heavy (non-hydrogen) atoms. The van der Waals surface area contributed by atoms with Gasteiger partial charge in [0.1, 0.15) is 0 Å². The minimum Gasteiger partial charge on any atom is -0.383 e. The summed E-state index contributed by atoms with van der Waals surface area (Å²) in [5.41, 5.74) is 1.06. The van der Waals surface area contributed by atoms with Crippen LogP contribution in [0.4, 0.5) is 5.69 Å². The quantitative estimate of drug-likeness (QED) is 0.928. The Morgan fingerprint density at radius 2 is 2.33 bits per heavy atom. The monoisotopic (exact) mass is 282 g/mol. The van der Waals surface area contributed by atoms with Crippen molar-refractivity contribution in [3.63, 3.8) is 0 Å². The molecule has 2 aromatic rings. The van der Waals surface area contributed by atoms with Gasteiger partial charge in [0, 0.05) is 22.1 Å². The third kappa shape index (κ3) is 3.32. The fourth-order valence-corrected chi connectivity index (χ4v) is 2.37. The molecule has 0 aliphatic rings. The maximum Gasteiger partial charge on any atom is 0.0538 e. The molecule has 0 fully saturated rings. The lowest BCUT2D eigenvalue weighted by molar-refractivity contribution is 1.04. The van der Waals surface area contributed by atoms with Gasteiger partial charge in [-0.2, -0.15) is 0 Å². The summed E-state index contributed by atoms with van der Waals surface area (Å²) in [4.78, 5) is 5.50. The zero-order valence-electron chi connectivity index (χ0n) is 8.11. The number of halogens is 1.